The van der Waals surface area contributed by atoms with Crippen molar-refractivity contribution in [1.82, 2.24) is 10.7 Å². The lowest BCUT2D eigenvalue weighted by Gasteiger charge is -2.10. The molecule has 2 rings (SSSR count). The largest absolute Gasteiger partial charge is 0.493 e. The topological polar surface area (TPSA) is 106 Å². The predicted molar refractivity (Wildman–Crippen MR) is 150 cm³/mol. The third kappa shape index (κ3) is 12.2. The fraction of sp³-hybridized carbons (Fsp3) is 0.448. The van der Waals surface area contributed by atoms with E-state index in [1.54, 1.807) is 42.5 Å². The van der Waals surface area contributed by atoms with E-state index in [4.69, 9.17) is 21.1 Å². The molecule has 0 saturated heterocycles. The van der Waals surface area contributed by atoms with Gasteiger partial charge in [0.15, 0.2) is 11.5 Å². The van der Waals surface area contributed by atoms with Gasteiger partial charge in [-0.2, -0.15) is 5.10 Å². The van der Waals surface area contributed by atoms with Crippen LogP contribution in [-0.2, 0) is 9.59 Å². The summed E-state index contributed by atoms with van der Waals surface area (Å²) in [6, 6.07) is 11.2. The molecule has 206 valence electrons. The molecule has 8 nitrogen and oxygen atoms in total. The van der Waals surface area contributed by atoms with Crippen LogP contribution in [0.4, 0.5) is 0 Å². The number of ether oxygens (including phenoxy) is 2. The first-order valence-corrected chi connectivity index (χ1v) is 13.5. The van der Waals surface area contributed by atoms with Gasteiger partial charge in [0.25, 0.3) is 5.91 Å². The van der Waals surface area contributed by atoms with Crippen LogP contribution in [0, 0.1) is 0 Å². The molecule has 0 radical (unpaired) electrons. The van der Waals surface area contributed by atoms with Crippen molar-refractivity contribution in [3.63, 3.8) is 0 Å². The first-order chi connectivity index (χ1) is 18.4. The summed E-state index contributed by atoms with van der Waals surface area (Å²) in [6.07, 6.45) is 12.5. The van der Waals surface area contributed by atoms with Crippen molar-refractivity contribution in [3.05, 3.63) is 58.6 Å². The van der Waals surface area contributed by atoms with Crippen LogP contribution in [0.1, 0.15) is 87.1 Å². The smallest absolute Gasteiger partial charge is 0.343 e. The molecule has 9 heteroatoms. The Bertz CT molecular complexity index is 1060. The van der Waals surface area contributed by atoms with Gasteiger partial charge in [0, 0.05) is 11.4 Å². The van der Waals surface area contributed by atoms with Gasteiger partial charge in [0.05, 0.1) is 25.4 Å². The fourth-order valence-corrected chi connectivity index (χ4v) is 3.80. The first kappa shape index (κ1) is 30.8. The molecule has 0 aliphatic rings. The zero-order valence-corrected chi connectivity index (χ0v) is 23.0. The summed E-state index contributed by atoms with van der Waals surface area (Å²) >= 11 is 5.85. The number of esters is 1. The lowest BCUT2D eigenvalue weighted by atomic mass is 10.1. The van der Waals surface area contributed by atoms with E-state index in [-0.39, 0.29) is 18.2 Å². The highest BCUT2D eigenvalue weighted by Crippen LogP contribution is 2.28. The molecule has 0 fully saturated rings. The minimum atomic E-state index is -0.548. The van der Waals surface area contributed by atoms with Crippen LogP contribution in [0.2, 0.25) is 5.02 Å². The van der Waals surface area contributed by atoms with Gasteiger partial charge in [-0.15, -0.1) is 0 Å². The quantitative estimate of drug-likeness (QED) is 0.0829. The van der Waals surface area contributed by atoms with E-state index in [0.717, 1.165) is 19.3 Å². The highest BCUT2D eigenvalue weighted by molar-refractivity contribution is 6.30. The Balaban J connectivity index is 1.68. The zero-order chi connectivity index (χ0) is 27.6. The number of methoxy groups -OCH3 is 1. The molecule has 2 aromatic carbocycles. The molecule has 0 aliphatic carbocycles. The number of halogens is 1. The first-order valence-electron chi connectivity index (χ1n) is 13.2. The van der Waals surface area contributed by atoms with Crippen LogP contribution in [0.25, 0.3) is 0 Å². The number of hydrogen-bond acceptors (Lipinski definition) is 6. The Morgan fingerprint density at radius 1 is 0.868 bits per heavy atom. The van der Waals surface area contributed by atoms with Gasteiger partial charge in [0.1, 0.15) is 0 Å². The molecular weight excluding hydrogens is 506 g/mol. The van der Waals surface area contributed by atoms with E-state index in [1.165, 1.54) is 51.8 Å². The summed E-state index contributed by atoms with van der Waals surface area (Å²) in [6.45, 7) is 2.07. The average molecular weight is 544 g/mol. The standard InChI is InChI=1S/C29H38ClN3O5/c1-3-4-5-6-7-8-9-10-11-12-27(34)31-21-28(35)33-32-20-22-13-18-25(26(19-22)37-2)38-29(36)23-14-16-24(30)17-15-23/h13-20H,3-12,21H2,1-2H3,(H,31,34)(H,33,35)/b32-20+. The molecule has 0 unspecified atom stereocenters. The van der Waals surface area contributed by atoms with Gasteiger partial charge in [-0.3, -0.25) is 9.59 Å². The van der Waals surface area contributed by atoms with Crippen LogP contribution >= 0.6 is 11.6 Å². The third-order valence-electron chi connectivity index (χ3n) is 5.83. The summed E-state index contributed by atoms with van der Waals surface area (Å²) in [4.78, 5) is 36.3. The van der Waals surface area contributed by atoms with Crippen LogP contribution in [-0.4, -0.2) is 37.7 Å². The Hall–Kier alpha value is -3.39. The van der Waals surface area contributed by atoms with Gasteiger partial charge in [-0.1, -0.05) is 69.9 Å². The summed E-state index contributed by atoms with van der Waals surface area (Å²) in [5.41, 5.74) is 3.35. The summed E-state index contributed by atoms with van der Waals surface area (Å²) in [5.74, 6) is -0.550. The minimum Gasteiger partial charge on any atom is -0.493 e. The number of carbonyl (C=O) groups is 3. The Kier molecular flexibility index (Phi) is 14.6. The van der Waals surface area contributed by atoms with E-state index in [0.29, 0.717) is 28.3 Å². The number of rotatable bonds is 17. The number of amides is 2. The number of nitrogens with one attached hydrogen (secondary N) is 2. The average Bonchev–Trinajstić information content (AvgIpc) is 2.92. The second kappa shape index (κ2) is 18.0. The summed E-state index contributed by atoms with van der Waals surface area (Å²) in [5, 5.41) is 7.05. The van der Waals surface area contributed by atoms with Gasteiger partial charge < -0.3 is 14.8 Å². The molecule has 0 spiro atoms. The second-order valence-electron chi connectivity index (χ2n) is 8.96. The molecule has 0 saturated carbocycles. The summed E-state index contributed by atoms with van der Waals surface area (Å²) < 4.78 is 10.7. The Labute approximate surface area is 230 Å². The van der Waals surface area contributed by atoms with Gasteiger partial charge >= 0.3 is 5.97 Å². The highest BCUT2D eigenvalue weighted by atomic mass is 35.5. The molecule has 0 aliphatic heterocycles. The molecule has 0 atom stereocenters. The maximum Gasteiger partial charge on any atom is 0.343 e. The number of nitrogens with zero attached hydrogens (tertiary/aromatic N) is 1. The van der Waals surface area contributed by atoms with Crippen LogP contribution < -0.4 is 20.2 Å². The Morgan fingerprint density at radius 3 is 2.18 bits per heavy atom. The molecule has 2 N–H and O–H groups in total. The Morgan fingerprint density at radius 2 is 1.53 bits per heavy atom. The van der Waals surface area contributed by atoms with Crippen molar-refractivity contribution >= 4 is 35.6 Å². The van der Waals surface area contributed by atoms with Crippen LogP contribution in [0.3, 0.4) is 0 Å². The van der Waals surface area contributed by atoms with Gasteiger partial charge in [-0.25, -0.2) is 10.2 Å². The molecule has 0 heterocycles. The molecule has 38 heavy (non-hydrogen) atoms. The van der Waals surface area contributed by atoms with Crippen LogP contribution in [0.15, 0.2) is 47.6 Å². The summed E-state index contributed by atoms with van der Waals surface area (Å²) in [7, 11) is 1.45. The third-order valence-corrected chi connectivity index (χ3v) is 6.08. The molecular formula is C29H38ClN3O5. The lowest BCUT2D eigenvalue weighted by molar-refractivity contribution is -0.126. The molecule has 0 bridgehead atoms. The monoisotopic (exact) mass is 543 g/mol. The number of hydrazone groups is 1. The van der Waals surface area contributed by atoms with Crippen LogP contribution in [0.5, 0.6) is 11.5 Å². The van der Waals surface area contributed by atoms with E-state index >= 15 is 0 Å². The van der Waals surface area contributed by atoms with Crippen molar-refractivity contribution in [2.45, 2.75) is 71.1 Å². The maximum absolute atomic E-state index is 12.4. The number of carbonyl (C=O) groups excluding carboxylic acids is 3. The fourth-order valence-electron chi connectivity index (χ4n) is 3.68. The SMILES string of the molecule is CCCCCCCCCCCC(=O)NCC(=O)N/N=C/c1ccc(OC(=O)c2ccc(Cl)cc2)c(OC)c1. The number of hydrogen-bond donors (Lipinski definition) is 2. The number of benzene rings is 2. The maximum atomic E-state index is 12.4. The molecule has 2 aromatic rings. The molecule has 0 aromatic heterocycles. The van der Waals surface area contributed by atoms with E-state index in [2.05, 4.69) is 22.8 Å². The second-order valence-corrected chi connectivity index (χ2v) is 9.39. The van der Waals surface area contributed by atoms with Crippen molar-refractivity contribution < 1.29 is 23.9 Å². The lowest BCUT2D eigenvalue weighted by Crippen LogP contribution is -2.34. The van der Waals surface area contributed by atoms with E-state index in [9.17, 15) is 14.4 Å². The van der Waals surface area contributed by atoms with Crippen molar-refractivity contribution in [2.75, 3.05) is 13.7 Å². The van der Waals surface area contributed by atoms with Crippen molar-refractivity contribution in [2.24, 2.45) is 5.10 Å². The minimum absolute atomic E-state index is 0.138. The van der Waals surface area contributed by atoms with E-state index in [1.807, 2.05) is 0 Å². The van der Waals surface area contributed by atoms with Crippen molar-refractivity contribution in [1.29, 1.82) is 0 Å². The van der Waals surface area contributed by atoms with E-state index < -0.39 is 11.9 Å². The van der Waals surface area contributed by atoms with Gasteiger partial charge in [-0.05, 0) is 54.4 Å². The highest BCUT2D eigenvalue weighted by Gasteiger charge is 2.13. The number of unbranched alkanes of at least 4 members (excludes halogenated alkanes) is 8. The molecule has 2 amide bonds. The van der Waals surface area contributed by atoms with Gasteiger partial charge in [0.2, 0.25) is 5.91 Å². The predicted octanol–water partition coefficient (Wildman–Crippen LogP) is 6.06. The van der Waals surface area contributed by atoms with Crippen molar-refractivity contribution in [3.8, 4) is 11.5 Å². The zero-order valence-electron chi connectivity index (χ0n) is 22.3. The normalized spacial score (nSPS) is 10.8.